The summed E-state index contributed by atoms with van der Waals surface area (Å²) in [4.78, 5) is 25.3. The van der Waals surface area contributed by atoms with Crippen LogP contribution in [0.5, 0.6) is 0 Å². The van der Waals surface area contributed by atoms with Crippen molar-refractivity contribution in [3.8, 4) is 11.3 Å². The molecule has 1 heterocycles. The van der Waals surface area contributed by atoms with Gasteiger partial charge in [-0.2, -0.15) is 0 Å². The summed E-state index contributed by atoms with van der Waals surface area (Å²) in [6.07, 6.45) is 0. The summed E-state index contributed by atoms with van der Waals surface area (Å²) in [6, 6.07) is 5.00. The zero-order valence-electron chi connectivity index (χ0n) is 13.5. The lowest BCUT2D eigenvalue weighted by Crippen LogP contribution is -2.26. The SMILES string of the molecule is CCOC(=O)c1c(-c2ccc(Cl)c(Cl)c2)n(CC)c(CBr)c(Br)c1=O. The van der Waals surface area contributed by atoms with Crippen LogP contribution in [0.1, 0.15) is 29.9 Å². The van der Waals surface area contributed by atoms with Crippen molar-refractivity contribution in [2.45, 2.75) is 25.7 Å². The van der Waals surface area contributed by atoms with Gasteiger partial charge in [0.05, 0.1) is 26.8 Å². The number of aromatic nitrogens is 1. The van der Waals surface area contributed by atoms with Crippen LogP contribution in [0, 0.1) is 0 Å². The van der Waals surface area contributed by atoms with Crippen LogP contribution in [0.2, 0.25) is 10.0 Å². The molecule has 2 rings (SSSR count). The Morgan fingerprint density at radius 3 is 2.44 bits per heavy atom. The lowest BCUT2D eigenvalue weighted by Gasteiger charge is -2.21. The van der Waals surface area contributed by atoms with E-state index in [1.807, 2.05) is 11.5 Å². The fraction of sp³-hybridized carbons (Fsp3) is 0.294. The standard InChI is InChI=1S/C17H15Br2Cl2NO3/c1-3-22-12(8-18)14(19)16(23)13(17(24)25-4-2)15(22)9-5-6-10(20)11(21)7-9/h5-7H,3-4,8H2,1-2H3. The zero-order chi connectivity index (χ0) is 18.7. The van der Waals surface area contributed by atoms with Crippen molar-refractivity contribution in [2.24, 2.45) is 0 Å². The van der Waals surface area contributed by atoms with Crippen LogP contribution in [0.25, 0.3) is 11.3 Å². The molecule has 0 fully saturated rings. The second kappa shape index (κ2) is 8.71. The first-order valence-corrected chi connectivity index (χ1v) is 10.2. The minimum atomic E-state index is -0.669. The molecule has 0 amide bonds. The van der Waals surface area contributed by atoms with Gasteiger partial charge in [0.25, 0.3) is 0 Å². The number of hydrogen-bond donors (Lipinski definition) is 0. The van der Waals surface area contributed by atoms with Crippen LogP contribution in [0.15, 0.2) is 27.5 Å². The summed E-state index contributed by atoms with van der Waals surface area (Å²) < 4.78 is 7.32. The van der Waals surface area contributed by atoms with Crippen molar-refractivity contribution in [1.29, 1.82) is 0 Å². The molecule has 134 valence electrons. The van der Waals surface area contributed by atoms with Crippen molar-refractivity contribution < 1.29 is 9.53 Å². The summed E-state index contributed by atoms with van der Waals surface area (Å²) in [6.45, 7) is 4.33. The topological polar surface area (TPSA) is 48.3 Å². The van der Waals surface area contributed by atoms with Gasteiger partial charge in [-0.25, -0.2) is 4.79 Å². The zero-order valence-corrected chi connectivity index (χ0v) is 18.2. The lowest BCUT2D eigenvalue weighted by molar-refractivity contribution is 0.0525. The molecule has 0 bridgehead atoms. The molecule has 25 heavy (non-hydrogen) atoms. The first kappa shape index (κ1) is 20.5. The molecule has 0 aliphatic heterocycles. The van der Waals surface area contributed by atoms with Gasteiger partial charge in [-0.05, 0) is 41.9 Å². The van der Waals surface area contributed by atoms with Gasteiger partial charge in [0.2, 0.25) is 5.43 Å². The quantitative estimate of drug-likeness (QED) is 0.383. The Hall–Kier alpha value is -0.820. The molecule has 1 aromatic heterocycles. The highest BCUT2D eigenvalue weighted by Crippen LogP contribution is 2.32. The largest absolute Gasteiger partial charge is 0.462 e. The predicted molar refractivity (Wildman–Crippen MR) is 108 cm³/mol. The molecule has 2 aromatic rings. The number of rotatable bonds is 5. The number of carbonyl (C=O) groups is 1. The number of carbonyl (C=O) groups excluding carboxylic acids is 1. The van der Waals surface area contributed by atoms with E-state index in [0.717, 1.165) is 5.69 Å². The second-order valence-electron chi connectivity index (χ2n) is 5.04. The fourth-order valence-corrected chi connectivity index (χ4v) is 4.36. The van der Waals surface area contributed by atoms with Crippen LogP contribution in [0.3, 0.4) is 0 Å². The number of pyridine rings is 1. The summed E-state index contributed by atoms with van der Waals surface area (Å²) in [5.41, 5.74) is 1.35. The first-order valence-electron chi connectivity index (χ1n) is 7.50. The molecule has 4 nitrogen and oxygen atoms in total. The Morgan fingerprint density at radius 2 is 1.92 bits per heavy atom. The maximum atomic E-state index is 12.8. The molecule has 0 N–H and O–H groups in total. The first-order chi connectivity index (χ1) is 11.9. The van der Waals surface area contributed by atoms with Gasteiger partial charge in [0.1, 0.15) is 5.56 Å². The minimum Gasteiger partial charge on any atom is -0.462 e. The molecule has 0 aliphatic rings. The number of esters is 1. The maximum Gasteiger partial charge on any atom is 0.344 e. The molecule has 0 saturated heterocycles. The summed E-state index contributed by atoms with van der Waals surface area (Å²) in [7, 11) is 0. The minimum absolute atomic E-state index is 0.0290. The lowest BCUT2D eigenvalue weighted by atomic mass is 10.0. The molecule has 0 atom stereocenters. The van der Waals surface area contributed by atoms with Crippen molar-refractivity contribution >= 4 is 61.0 Å². The highest BCUT2D eigenvalue weighted by atomic mass is 79.9. The number of alkyl halides is 1. The normalized spacial score (nSPS) is 10.8. The maximum absolute atomic E-state index is 12.8. The van der Waals surface area contributed by atoms with Gasteiger partial charge in [-0.15, -0.1) is 0 Å². The number of hydrogen-bond acceptors (Lipinski definition) is 3. The van der Waals surface area contributed by atoms with E-state index in [9.17, 15) is 9.59 Å². The third kappa shape index (κ3) is 3.97. The summed E-state index contributed by atoms with van der Waals surface area (Å²) >= 11 is 18.9. The van der Waals surface area contributed by atoms with Crippen molar-refractivity contribution in [1.82, 2.24) is 4.57 Å². The summed E-state index contributed by atoms with van der Waals surface area (Å²) in [5, 5.41) is 1.17. The van der Waals surface area contributed by atoms with E-state index >= 15 is 0 Å². The Balaban J connectivity index is 2.95. The number of nitrogens with zero attached hydrogens (tertiary/aromatic N) is 1. The molecule has 0 aliphatic carbocycles. The second-order valence-corrected chi connectivity index (χ2v) is 7.21. The Morgan fingerprint density at radius 1 is 1.24 bits per heavy atom. The van der Waals surface area contributed by atoms with Crippen LogP contribution in [-0.2, 0) is 16.6 Å². The van der Waals surface area contributed by atoms with Crippen molar-refractivity contribution in [2.75, 3.05) is 6.61 Å². The highest BCUT2D eigenvalue weighted by molar-refractivity contribution is 9.10. The molecule has 0 radical (unpaired) electrons. The van der Waals surface area contributed by atoms with Crippen LogP contribution < -0.4 is 5.43 Å². The molecule has 0 unspecified atom stereocenters. The highest BCUT2D eigenvalue weighted by Gasteiger charge is 2.26. The van der Waals surface area contributed by atoms with Gasteiger partial charge in [0, 0.05) is 23.1 Å². The van der Waals surface area contributed by atoms with Gasteiger partial charge < -0.3 is 9.30 Å². The molecule has 0 saturated carbocycles. The number of benzene rings is 1. The predicted octanol–water partition coefficient (Wildman–Crippen LogP) is 5.68. The van der Waals surface area contributed by atoms with Crippen LogP contribution in [-0.4, -0.2) is 17.1 Å². The van der Waals surface area contributed by atoms with E-state index in [1.165, 1.54) is 0 Å². The molecular formula is C17H15Br2Cl2NO3. The molecule has 8 heteroatoms. The Bertz CT molecular complexity index is 881. The molecule has 1 aromatic carbocycles. The fourth-order valence-electron chi connectivity index (χ4n) is 2.55. The third-order valence-electron chi connectivity index (χ3n) is 3.63. The molecule has 0 spiro atoms. The van der Waals surface area contributed by atoms with E-state index in [2.05, 4.69) is 31.9 Å². The number of ether oxygens (including phenoxy) is 1. The average Bonchev–Trinajstić information content (AvgIpc) is 2.59. The van der Waals surface area contributed by atoms with Gasteiger partial charge in [0.15, 0.2) is 0 Å². The Labute approximate surface area is 172 Å². The van der Waals surface area contributed by atoms with Crippen molar-refractivity contribution in [3.05, 3.63) is 54.2 Å². The Kier molecular flexibility index (Phi) is 7.14. The van der Waals surface area contributed by atoms with Gasteiger partial charge in [-0.1, -0.05) is 45.2 Å². The summed E-state index contributed by atoms with van der Waals surface area (Å²) in [5.74, 6) is -0.669. The van der Waals surface area contributed by atoms with Gasteiger partial charge in [-0.3, -0.25) is 4.79 Å². The molecular weight excluding hydrogens is 497 g/mol. The van der Waals surface area contributed by atoms with Crippen LogP contribution in [0.4, 0.5) is 0 Å². The van der Waals surface area contributed by atoms with Crippen molar-refractivity contribution in [3.63, 3.8) is 0 Å². The third-order valence-corrected chi connectivity index (χ3v) is 5.72. The van der Waals surface area contributed by atoms with Crippen LogP contribution >= 0.6 is 55.1 Å². The average molecular weight is 512 g/mol. The van der Waals surface area contributed by atoms with E-state index < -0.39 is 11.4 Å². The number of halogens is 4. The van der Waals surface area contributed by atoms with E-state index in [0.29, 0.717) is 37.7 Å². The van der Waals surface area contributed by atoms with E-state index in [4.69, 9.17) is 27.9 Å². The van der Waals surface area contributed by atoms with E-state index in [1.54, 1.807) is 25.1 Å². The van der Waals surface area contributed by atoms with E-state index in [-0.39, 0.29) is 12.2 Å². The van der Waals surface area contributed by atoms with Gasteiger partial charge >= 0.3 is 5.97 Å². The monoisotopic (exact) mass is 509 g/mol. The smallest absolute Gasteiger partial charge is 0.344 e.